The van der Waals surface area contributed by atoms with Crippen molar-refractivity contribution in [3.63, 3.8) is 0 Å². The maximum Gasteiger partial charge on any atom is 0.313 e. The molecular formula is C26H35ClN2O4. The van der Waals surface area contributed by atoms with Crippen LogP contribution in [-0.2, 0) is 4.79 Å². The van der Waals surface area contributed by atoms with Crippen molar-refractivity contribution >= 4 is 34.2 Å². The van der Waals surface area contributed by atoms with E-state index in [1.165, 1.54) is 13.0 Å². The molecule has 0 amide bonds. The minimum absolute atomic E-state index is 0.224. The first kappa shape index (κ1) is 29.9. The van der Waals surface area contributed by atoms with Crippen LogP contribution in [0.1, 0.15) is 40.2 Å². The predicted octanol–water partition coefficient (Wildman–Crippen LogP) is 6.72. The lowest BCUT2D eigenvalue weighted by atomic mass is 9.78. The van der Waals surface area contributed by atoms with Crippen LogP contribution in [0.15, 0.2) is 74.3 Å². The van der Waals surface area contributed by atoms with E-state index in [1.807, 2.05) is 32.1 Å². The number of aliphatic hydroxyl groups excluding tert-OH is 2. The summed E-state index contributed by atoms with van der Waals surface area (Å²) in [5.41, 5.74) is 2.43. The topological polar surface area (TPSA) is 106 Å². The minimum atomic E-state index is -1.07. The molecule has 0 saturated carbocycles. The monoisotopic (exact) mass is 474 g/mol. The molecule has 3 atom stereocenters. The summed E-state index contributed by atoms with van der Waals surface area (Å²) in [4.78, 5) is 18.0. The van der Waals surface area contributed by atoms with Crippen LogP contribution in [0.3, 0.4) is 0 Å². The van der Waals surface area contributed by atoms with Crippen molar-refractivity contribution in [3.8, 4) is 0 Å². The van der Waals surface area contributed by atoms with Gasteiger partial charge in [0.05, 0.1) is 40.2 Å². The largest absolute Gasteiger partial charge is 0.516 e. The number of aliphatic hydroxyl groups is 2. The maximum atomic E-state index is 10.8. The zero-order valence-corrected chi connectivity index (χ0v) is 20.7. The molecule has 2 rings (SSSR count). The second kappa shape index (κ2) is 14.9. The summed E-state index contributed by atoms with van der Waals surface area (Å²) in [7, 11) is 0. The Morgan fingerprint density at radius 2 is 1.91 bits per heavy atom. The highest BCUT2D eigenvalue weighted by molar-refractivity contribution is 6.33. The molecule has 0 bridgehead atoms. The Morgan fingerprint density at radius 3 is 2.39 bits per heavy atom. The summed E-state index contributed by atoms with van der Waals surface area (Å²) in [6.07, 6.45) is 11.8. The first-order valence-electron chi connectivity index (χ1n) is 10.6. The van der Waals surface area contributed by atoms with E-state index < -0.39 is 17.5 Å². The second-order valence-corrected chi connectivity index (χ2v) is 7.54. The molecule has 1 aromatic carbocycles. The standard InChI is InChI=1S/C15H15ClN2O.C9H14O3.C2H6/c1-3-11(6-4-5-10(2)19)12-7-14-15(8-13(12)16)18-9-17-14;1-4-7(2)9(3,5-6-10)8(11)12;1-2/h3-10,19H,1H2,2H3,(H,17,18);4-7,10H,1H2,2-3H3,(H,11,12);1-2H3/b5-4+,11-6+;6-5+;. The summed E-state index contributed by atoms with van der Waals surface area (Å²) in [5.74, 6) is -1.20. The quantitative estimate of drug-likeness (QED) is 0.193. The molecule has 3 unspecified atom stereocenters. The smallest absolute Gasteiger partial charge is 0.313 e. The number of carboxylic acid groups (broad SMARTS) is 1. The van der Waals surface area contributed by atoms with E-state index >= 15 is 0 Å². The highest BCUT2D eigenvalue weighted by Crippen LogP contribution is 2.30. The van der Waals surface area contributed by atoms with Gasteiger partial charge in [-0.1, -0.05) is 69.3 Å². The van der Waals surface area contributed by atoms with Crippen LogP contribution >= 0.6 is 11.6 Å². The zero-order chi connectivity index (χ0) is 25.6. The Hall–Kier alpha value is -3.09. The molecule has 33 heavy (non-hydrogen) atoms. The van der Waals surface area contributed by atoms with Crippen molar-refractivity contribution in [3.05, 3.63) is 84.9 Å². The molecule has 0 spiro atoms. The fourth-order valence-corrected chi connectivity index (χ4v) is 2.85. The zero-order valence-electron chi connectivity index (χ0n) is 19.9. The normalized spacial score (nSPS) is 15.1. The van der Waals surface area contributed by atoms with Gasteiger partial charge in [-0.3, -0.25) is 4.79 Å². The molecule has 4 N–H and O–H groups in total. The highest BCUT2D eigenvalue weighted by Gasteiger charge is 2.34. The third-order valence-corrected chi connectivity index (χ3v) is 5.20. The number of halogens is 1. The van der Waals surface area contributed by atoms with Crippen molar-refractivity contribution in [2.75, 3.05) is 0 Å². The maximum absolute atomic E-state index is 10.8. The third-order valence-electron chi connectivity index (χ3n) is 4.89. The fourth-order valence-electron chi connectivity index (χ4n) is 2.58. The van der Waals surface area contributed by atoms with Gasteiger partial charge in [0.25, 0.3) is 0 Å². The molecular weight excluding hydrogens is 440 g/mol. The van der Waals surface area contributed by atoms with E-state index in [0.717, 1.165) is 28.4 Å². The number of hydrogen-bond donors (Lipinski definition) is 4. The fraction of sp³-hybridized carbons (Fsp3) is 0.308. The molecule has 1 heterocycles. The van der Waals surface area contributed by atoms with Gasteiger partial charge in [-0.25, -0.2) is 4.98 Å². The molecule has 0 aliphatic heterocycles. The number of aliphatic carboxylic acids is 1. The number of hydrogen-bond acceptors (Lipinski definition) is 4. The third kappa shape index (κ3) is 8.75. The molecule has 0 aliphatic rings. The minimum Gasteiger partial charge on any atom is -0.516 e. The molecule has 0 fully saturated rings. The van der Waals surface area contributed by atoms with Crippen LogP contribution in [0.25, 0.3) is 16.6 Å². The average molecular weight is 475 g/mol. The molecule has 0 radical (unpaired) electrons. The highest BCUT2D eigenvalue weighted by atomic mass is 35.5. The van der Waals surface area contributed by atoms with Crippen molar-refractivity contribution in [2.24, 2.45) is 11.3 Å². The van der Waals surface area contributed by atoms with E-state index in [9.17, 15) is 9.90 Å². The first-order chi connectivity index (χ1) is 15.6. The number of aromatic amines is 1. The summed E-state index contributed by atoms with van der Waals surface area (Å²) < 4.78 is 0. The summed E-state index contributed by atoms with van der Waals surface area (Å²) in [6, 6.07) is 3.76. The van der Waals surface area contributed by atoms with Crippen LogP contribution in [-0.4, -0.2) is 37.4 Å². The van der Waals surface area contributed by atoms with E-state index in [0.29, 0.717) is 5.02 Å². The number of fused-ring (bicyclic) bond motifs is 1. The van der Waals surface area contributed by atoms with Gasteiger partial charge in [-0.05, 0) is 43.5 Å². The Balaban J connectivity index is 0.000000635. The Bertz CT molecular complexity index is 1000. The van der Waals surface area contributed by atoms with E-state index in [4.69, 9.17) is 21.8 Å². The van der Waals surface area contributed by atoms with Crippen LogP contribution in [0.2, 0.25) is 5.02 Å². The van der Waals surface area contributed by atoms with Gasteiger partial charge in [-0.15, -0.1) is 6.58 Å². The first-order valence-corrected chi connectivity index (χ1v) is 11.0. The molecule has 2 aromatic rings. The molecule has 0 aliphatic carbocycles. The molecule has 1 aromatic heterocycles. The van der Waals surface area contributed by atoms with Gasteiger partial charge in [0.1, 0.15) is 0 Å². The van der Waals surface area contributed by atoms with E-state index in [2.05, 4.69) is 23.1 Å². The SMILES string of the molecule is C=C/C(=C\C=C\C(C)O)c1cc2nc[nH]c2cc1Cl.C=CC(C)C(C)(/C=C/O)C(=O)O.CC. The Kier molecular flexibility index (Phi) is 13.5. The van der Waals surface area contributed by atoms with E-state index in [-0.39, 0.29) is 5.92 Å². The number of carboxylic acids is 1. The summed E-state index contributed by atoms with van der Waals surface area (Å²) in [5, 5.41) is 27.2. The molecule has 180 valence electrons. The second-order valence-electron chi connectivity index (χ2n) is 7.13. The number of benzene rings is 1. The number of H-pyrrole nitrogens is 1. The van der Waals surface area contributed by atoms with Gasteiger partial charge < -0.3 is 20.3 Å². The molecule has 7 heteroatoms. The Labute approximate surface area is 201 Å². The van der Waals surface area contributed by atoms with Crippen molar-refractivity contribution in [1.29, 1.82) is 0 Å². The van der Waals surface area contributed by atoms with Crippen LogP contribution < -0.4 is 0 Å². The van der Waals surface area contributed by atoms with Crippen LogP contribution in [0.4, 0.5) is 0 Å². The molecule has 6 nitrogen and oxygen atoms in total. The Morgan fingerprint density at radius 1 is 1.27 bits per heavy atom. The predicted molar refractivity (Wildman–Crippen MR) is 138 cm³/mol. The number of nitrogens with one attached hydrogen (secondary N) is 1. The number of rotatable bonds is 8. The lowest BCUT2D eigenvalue weighted by molar-refractivity contribution is -0.146. The van der Waals surface area contributed by atoms with Gasteiger partial charge in [-0.2, -0.15) is 0 Å². The van der Waals surface area contributed by atoms with Crippen molar-refractivity contribution < 1.29 is 20.1 Å². The van der Waals surface area contributed by atoms with Gasteiger partial charge in [0.2, 0.25) is 0 Å². The van der Waals surface area contributed by atoms with Crippen LogP contribution in [0.5, 0.6) is 0 Å². The van der Waals surface area contributed by atoms with E-state index in [1.54, 1.807) is 44.5 Å². The van der Waals surface area contributed by atoms with Gasteiger partial charge >= 0.3 is 5.97 Å². The van der Waals surface area contributed by atoms with Crippen molar-refractivity contribution in [1.82, 2.24) is 9.97 Å². The summed E-state index contributed by atoms with van der Waals surface area (Å²) >= 11 is 6.27. The number of allylic oxidation sites excluding steroid dienone is 5. The van der Waals surface area contributed by atoms with Crippen molar-refractivity contribution in [2.45, 2.75) is 40.7 Å². The van der Waals surface area contributed by atoms with Crippen LogP contribution in [0, 0.1) is 11.3 Å². The average Bonchev–Trinajstić information content (AvgIpc) is 3.24. The lowest BCUT2D eigenvalue weighted by Gasteiger charge is -2.25. The lowest BCUT2D eigenvalue weighted by Crippen LogP contribution is -2.31. The number of carbonyl (C=O) groups is 1. The van der Waals surface area contributed by atoms with Gasteiger partial charge in [0, 0.05) is 5.56 Å². The molecule has 0 saturated heterocycles. The van der Waals surface area contributed by atoms with Gasteiger partial charge in [0.15, 0.2) is 0 Å². The number of imidazole rings is 1. The number of aromatic nitrogens is 2. The summed E-state index contributed by atoms with van der Waals surface area (Å²) in [6.45, 7) is 16.3. The number of nitrogens with zero attached hydrogens (tertiary/aromatic N) is 1.